The fourth-order valence-corrected chi connectivity index (χ4v) is 2.45. The van der Waals surface area contributed by atoms with E-state index in [2.05, 4.69) is 13.8 Å². The molecule has 2 N–H and O–H groups in total. The van der Waals surface area contributed by atoms with Gasteiger partial charge in [0.15, 0.2) is 0 Å². The molecule has 13 heavy (non-hydrogen) atoms. The lowest BCUT2D eigenvalue weighted by Gasteiger charge is -2.11. The Morgan fingerprint density at radius 3 is 2.62 bits per heavy atom. The molecule has 1 aromatic heterocycles. The Kier molecular flexibility index (Phi) is 4.23. The van der Waals surface area contributed by atoms with Gasteiger partial charge in [-0.2, -0.15) is 0 Å². The van der Waals surface area contributed by atoms with Crippen molar-refractivity contribution in [1.29, 1.82) is 0 Å². The van der Waals surface area contributed by atoms with Crippen LogP contribution in [0.4, 0.5) is 0 Å². The summed E-state index contributed by atoms with van der Waals surface area (Å²) in [6.07, 6.45) is 2.19. The summed E-state index contributed by atoms with van der Waals surface area (Å²) in [5, 5.41) is 2.81. The Bertz CT molecular complexity index is 257. The molecule has 1 nitrogen and oxygen atoms in total. The summed E-state index contributed by atoms with van der Waals surface area (Å²) in [4.78, 5) is 1.13. The van der Waals surface area contributed by atoms with Gasteiger partial charge in [0.2, 0.25) is 0 Å². The lowest BCUT2D eigenvalue weighted by molar-refractivity contribution is 0.511. The van der Waals surface area contributed by atoms with Gasteiger partial charge >= 0.3 is 0 Å². The Balaban J connectivity index is 2.49. The molecule has 1 atom stereocenters. The first-order valence-electron chi connectivity index (χ1n) is 4.59. The number of halogens is 1. The Hall–Kier alpha value is -0.0500. The van der Waals surface area contributed by atoms with Crippen LogP contribution in [0.1, 0.15) is 37.6 Å². The highest BCUT2D eigenvalue weighted by Gasteiger charge is 2.11. The summed E-state index contributed by atoms with van der Waals surface area (Å²) in [6.45, 7) is 4.42. The Morgan fingerprint density at radius 1 is 1.46 bits per heavy atom. The van der Waals surface area contributed by atoms with Crippen LogP contribution in [0.3, 0.4) is 0 Å². The predicted molar refractivity (Wildman–Crippen MR) is 60.3 cm³/mol. The zero-order valence-corrected chi connectivity index (χ0v) is 9.66. The molecule has 0 amide bonds. The molecule has 3 heteroatoms. The van der Waals surface area contributed by atoms with Gasteiger partial charge < -0.3 is 5.73 Å². The summed E-state index contributed by atoms with van der Waals surface area (Å²) >= 11 is 7.63. The van der Waals surface area contributed by atoms with E-state index in [0.717, 1.165) is 22.7 Å². The lowest BCUT2D eigenvalue weighted by atomic mass is 10.0. The molecule has 0 aliphatic carbocycles. The van der Waals surface area contributed by atoms with Gasteiger partial charge in [0, 0.05) is 10.9 Å². The van der Waals surface area contributed by atoms with Crippen molar-refractivity contribution in [1.82, 2.24) is 0 Å². The third-order valence-corrected chi connectivity index (χ3v) is 3.53. The van der Waals surface area contributed by atoms with Crippen molar-refractivity contribution in [2.24, 2.45) is 11.7 Å². The van der Waals surface area contributed by atoms with E-state index < -0.39 is 0 Å². The van der Waals surface area contributed by atoms with Crippen LogP contribution in [0.25, 0.3) is 0 Å². The van der Waals surface area contributed by atoms with Crippen molar-refractivity contribution in [3.8, 4) is 0 Å². The molecule has 0 fully saturated rings. The fourth-order valence-electron chi connectivity index (χ4n) is 1.21. The number of hydrogen-bond acceptors (Lipinski definition) is 2. The molecule has 74 valence electrons. The zero-order valence-electron chi connectivity index (χ0n) is 8.09. The van der Waals surface area contributed by atoms with Crippen molar-refractivity contribution in [2.45, 2.75) is 32.7 Å². The first-order chi connectivity index (χ1) is 6.11. The van der Waals surface area contributed by atoms with Crippen molar-refractivity contribution in [2.75, 3.05) is 0 Å². The van der Waals surface area contributed by atoms with E-state index in [4.69, 9.17) is 17.3 Å². The fraction of sp³-hybridized carbons (Fsp3) is 0.600. The number of hydrogen-bond donors (Lipinski definition) is 1. The minimum atomic E-state index is 0.120. The Morgan fingerprint density at radius 2 is 2.15 bits per heavy atom. The molecule has 0 spiro atoms. The second kappa shape index (κ2) is 4.99. The van der Waals surface area contributed by atoms with E-state index in [-0.39, 0.29) is 6.04 Å². The molecule has 1 aromatic rings. The molecule has 1 heterocycles. The van der Waals surface area contributed by atoms with Crippen LogP contribution < -0.4 is 5.73 Å². The number of thiophene rings is 1. The normalized spacial score (nSPS) is 13.6. The minimum Gasteiger partial charge on any atom is -0.323 e. The minimum absolute atomic E-state index is 0.120. The summed E-state index contributed by atoms with van der Waals surface area (Å²) in [7, 11) is 0. The van der Waals surface area contributed by atoms with Gasteiger partial charge in [-0.3, -0.25) is 0 Å². The second-order valence-electron chi connectivity index (χ2n) is 3.71. The monoisotopic (exact) mass is 217 g/mol. The van der Waals surface area contributed by atoms with E-state index in [0.29, 0.717) is 5.92 Å². The molecule has 0 unspecified atom stereocenters. The molecule has 0 aliphatic heterocycles. The van der Waals surface area contributed by atoms with Crippen molar-refractivity contribution < 1.29 is 0 Å². The maximum Gasteiger partial charge on any atom is 0.0561 e. The molecule has 0 aliphatic rings. The van der Waals surface area contributed by atoms with Crippen LogP contribution in [0.2, 0.25) is 5.02 Å². The van der Waals surface area contributed by atoms with Gasteiger partial charge in [0.05, 0.1) is 5.02 Å². The smallest absolute Gasteiger partial charge is 0.0561 e. The van der Waals surface area contributed by atoms with Gasteiger partial charge in [0.25, 0.3) is 0 Å². The lowest BCUT2D eigenvalue weighted by Crippen LogP contribution is -2.09. The van der Waals surface area contributed by atoms with Crippen LogP contribution in [0.15, 0.2) is 11.4 Å². The highest BCUT2D eigenvalue weighted by atomic mass is 35.5. The molecule has 0 aromatic carbocycles. The summed E-state index contributed by atoms with van der Waals surface area (Å²) in [6, 6.07) is 2.03. The zero-order chi connectivity index (χ0) is 9.84. The highest BCUT2D eigenvalue weighted by molar-refractivity contribution is 7.10. The second-order valence-corrected chi connectivity index (χ2v) is 5.07. The average Bonchev–Trinajstić information content (AvgIpc) is 2.47. The van der Waals surface area contributed by atoms with Gasteiger partial charge in [-0.1, -0.05) is 25.4 Å². The molecular weight excluding hydrogens is 202 g/mol. The van der Waals surface area contributed by atoms with E-state index in [9.17, 15) is 0 Å². The molecule has 0 radical (unpaired) electrons. The first kappa shape index (κ1) is 11.0. The summed E-state index contributed by atoms with van der Waals surface area (Å²) in [5.41, 5.74) is 6.01. The van der Waals surface area contributed by atoms with Crippen LogP contribution in [0.5, 0.6) is 0 Å². The van der Waals surface area contributed by atoms with Crippen LogP contribution >= 0.6 is 22.9 Å². The largest absolute Gasteiger partial charge is 0.323 e. The number of rotatable bonds is 4. The summed E-state index contributed by atoms with van der Waals surface area (Å²) in [5.74, 6) is 0.713. The SMILES string of the molecule is CC(C)CC[C@H](N)c1sccc1Cl. The van der Waals surface area contributed by atoms with E-state index in [1.54, 1.807) is 11.3 Å². The van der Waals surface area contributed by atoms with Gasteiger partial charge in [-0.25, -0.2) is 0 Å². The third-order valence-electron chi connectivity index (χ3n) is 2.04. The van der Waals surface area contributed by atoms with Gasteiger partial charge in [-0.15, -0.1) is 11.3 Å². The Labute approximate surface area is 88.9 Å². The van der Waals surface area contributed by atoms with E-state index in [1.165, 1.54) is 0 Å². The van der Waals surface area contributed by atoms with Crippen molar-refractivity contribution >= 4 is 22.9 Å². The molecule has 0 saturated heterocycles. The maximum atomic E-state index is 6.01. The van der Waals surface area contributed by atoms with E-state index in [1.807, 2.05) is 11.4 Å². The first-order valence-corrected chi connectivity index (χ1v) is 5.85. The maximum absolute atomic E-state index is 6.01. The third kappa shape index (κ3) is 3.29. The standard InChI is InChI=1S/C10H16ClNS/c1-7(2)3-4-9(12)10-8(11)5-6-13-10/h5-7,9H,3-4,12H2,1-2H3/t9-/m0/s1. The summed E-state index contributed by atoms with van der Waals surface area (Å²) < 4.78 is 0. The topological polar surface area (TPSA) is 26.0 Å². The number of nitrogens with two attached hydrogens (primary N) is 1. The van der Waals surface area contributed by atoms with Gasteiger partial charge in [-0.05, 0) is 30.2 Å². The van der Waals surface area contributed by atoms with Crippen molar-refractivity contribution in [3.63, 3.8) is 0 Å². The van der Waals surface area contributed by atoms with Crippen LogP contribution in [-0.4, -0.2) is 0 Å². The molecule has 0 saturated carbocycles. The van der Waals surface area contributed by atoms with E-state index >= 15 is 0 Å². The van der Waals surface area contributed by atoms with Crippen LogP contribution in [-0.2, 0) is 0 Å². The highest BCUT2D eigenvalue weighted by Crippen LogP contribution is 2.30. The molecule has 0 bridgehead atoms. The predicted octanol–water partition coefficient (Wildman–Crippen LogP) is 3.84. The quantitative estimate of drug-likeness (QED) is 0.815. The molecule has 1 rings (SSSR count). The van der Waals surface area contributed by atoms with Crippen molar-refractivity contribution in [3.05, 3.63) is 21.3 Å². The average molecular weight is 218 g/mol. The van der Waals surface area contributed by atoms with Gasteiger partial charge in [0.1, 0.15) is 0 Å². The molecular formula is C10H16ClNS. The van der Waals surface area contributed by atoms with Crippen LogP contribution in [0, 0.1) is 5.92 Å².